The number of amides is 2. The van der Waals surface area contributed by atoms with Crippen LogP contribution >= 0.6 is 27.5 Å². The van der Waals surface area contributed by atoms with E-state index >= 15 is 0 Å². The highest BCUT2D eigenvalue weighted by molar-refractivity contribution is 9.10. The summed E-state index contributed by atoms with van der Waals surface area (Å²) >= 11 is 9.21. The Bertz CT molecular complexity index is 661. The smallest absolute Gasteiger partial charge is 0.323 e. The molecular weight excluding hydrogens is 354 g/mol. The summed E-state index contributed by atoms with van der Waals surface area (Å²) in [5.74, 6) is 0. The van der Waals surface area contributed by atoms with Crippen LogP contribution in [0, 0.1) is 0 Å². The minimum atomic E-state index is -0.333. The van der Waals surface area contributed by atoms with Crippen molar-refractivity contribution >= 4 is 44.9 Å². The number of benzene rings is 2. The van der Waals surface area contributed by atoms with Crippen LogP contribution in [0.2, 0.25) is 5.02 Å². The Labute approximate surface area is 136 Å². The first-order chi connectivity index (χ1) is 9.95. The van der Waals surface area contributed by atoms with Crippen molar-refractivity contribution in [2.45, 2.75) is 13.0 Å². The lowest BCUT2D eigenvalue weighted by atomic mass is 10.1. The van der Waals surface area contributed by atoms with E-state index in [1.165, 1.54) is 0 Å². The lowest BCUT2D eigenvalue weighted by Gasteiger charge is -2.11. The molecule has 110 valence electrons. The molecule has 0 heterocycles. The van der Waals surface area contributed by atoms with E-state index in [1.807, 2.05) is 31.2 Å². The van der Waals surface area contributed by atoms with Gasteiger partial charge >= 0.3 is 6.03 Å². The predicted molar refractivity (Wildman–Crippen MR) is 90.8 cm³/mol. The molecule has 0 spiro atoms. The van der Waals surface area contributed by atoms with E-state index in [2.05, 4.69) is 26.6 Å². The van der Waals surface area contributed by atoms with Crippen molar-refractivity contribution in [1.82, 2.24) is 0 Å². The minimum Gasteiger partial charge on any atom is -0.324 e. The van der Waals surface area contributed by atoms with Gasteiger partial charge in [0.25, 0.3) is 0 Å². The molecule has 0 radical (unpaired) electrons. The van der Waals surface area contributed by atoms with Crippen molar-refractivity contribution in [1.29, 1.82) is 0 Å². The van der Waals surface area contributed by atoms with Gasteiger partial charge in [0.1, 0.15) is 0 Å². The van der Waals surface area contributed by atoms with Crippen molar-refractivity contribution in [2.75, 3.05) is 10.6 Å². The van der Waals surface area contributed by atoms with Crippen LogP contribution < -0.4 is 16.4 Å². The number of carbonyl (C=O) groups is 1. The first-order valence-electron chi connectivity index (χ1n) is 6.34. The molecule has 2 aromatic carbocycles. The fourth-order valence-electron chi connectivity index (χ4n) is 1.78. The summed E-state index contributed by atoms with van der Waals surface area (Å²) in [6.45, 7) is 1.89. The summed E-state index contributed by atoms with van der Waals surface area (Å²) in [6.07, 6.45) is 0. The van der Waals surface area contributed by atoms with Crippen LogP contribution in [0.4, 0.5) is 16.2 Å². The van der Waals surface area contributed by atoms with E-state index in [-0.39, 0.29) is 12.1 Å². The molecule has 0 aromatic heterocycles. The Kier molecular flexibility index (Phi) is 5.22. The average Bonchev–Trinajstić information content (AvgIpc) is 2.42. The zero-order valence-corrected chi connectivity index (χ0v) is 13.7. The van der Waals surface area contributed by atoms with E-state index in [0.29, 0.717) is 16.4 Å². The lowest BCUT2D eigenvalue weighted by Crippen LogP contribution is -2.20. The molecule has 2 rings (SSSR count). The third-order valence-electron chi connectivity index (χ3n) is 2.85. The second kappa shape index (κ2) is 6.93. The molecule has 1 atom stereocenters. The van der Waals surface area contributed by atoms with E-state index in [1.54, 1.807) is 18.2 Å². The third-order valence-corrected chi connectivity index (χ3v) is 3.74. The maximum absolute atomic E-state index is 12.0. The molecule has 0 aliphatic heterocycles. The number of halogens is 2. The van der Waals surface area contributed by atoms with Gasteiger partial charge in [-0.2, -0.15) is 0 Å². The number of hydrogen-bond donors (Lipinski definition) is 3. The van der Waals surface area contributed by atoms with E-state index in [4.69, 9.17) is 17.3 Å². The molecule has 4 N–H and O–H groups in total. The highest BCUT2D eigenvalue weighted by Crippen LogP contribution is 2.26. The highest BCUT2D eigenvalue weighted by Gasteiger charge is 2.07. The van der Waals surface area contributed by atoms with Gasteiger partial charge in [0.05, 0.1) is 5.69 Å². The van der Waals surface area contributed by atoms with Gasteiger partial charge in [-0.3, -0.25) is 0 Å². The van der Waals surface area contributed by atoms with Gasteiger partial charge in [-0.25, -0.2) is 4.79 Å². The van der Waals surface area contributed by atoms with Crippen LogP contribution in [-0.4, -0.2) is 6.03 Å². The van der Waals surface area contributed by atoms with Gasteiger partial charge in [0.15, 0.2) is 0 Å². The van der Waals surface area contributed by atoms with Crippen LogP contribution in [0.15, 0.2) is 46.9 Å². The second-order valence-electron chi connectivity index (χ2n) is 4.62. The number of hydrogen-bond acceptors (Lipinski definition) is 2. The van der Waals surface area contributed by atoms with Crippen LogP contribution in [-0.2, 0) is 0 Å². The predicted octanol–water partition coefficient (Wildman–Crippen LogP) is 4.77. The molecule has 4 nitrogen and oxygen atoms in total. The number of carbonyl (C=O) groups excluding carboxylic acids is 1. The van der Waals surface area contributed by atoms with E-state index < -0.39 is 0 Å². The zero-order valence-electron chi connectivity index (χ0n) is 11.4. The van der Waals surface area contributed by atoms with Crippen molar-refractivity contribution in [3.05, 3.63) is 57.5 Å². The van der Waals surface area contributed by atoms with E-state index in [9.17, 15) is 4.79 Å². The summed E-state index contributed by atoms with van der Waals surface area (Å²) < 4.78 is 0.717. The number of rotatable bonds is 3. The SMILES string of the molecule is CC(N)c1cccc(NC(=O)Nc2ccc(Cl)cc2Br)c1. The normalized spacial score (nSPS) is 11.8. The Morgan fingerprint density at radius 1 is 1.24 bits per heavy atom. The molecule has 0 bridgehead atoms. The van der Waals surface area contributed by atoms with Crippen molar-refractivity contribution < 1.29 is 4.79 Å². The van der Waals surface area contributed by atoms with E-state index in [0.717, 1.165) is 10.0 Å². The quantitative estimate of drug-likeness (QED) is 0.730. The highest BCUT2D eigenvalue weighted by atomic mass is 79.9. The number of nitrogens with one attached hydrogen (secondary N) is 2. The van der Waals surface area contributed by atoms with Gasteiger partial charge in [0, 0.05) is 21.2 Å². The van der Waals surface area contributed by atoms with Crippen molar-refractivity contribution in [3.63, 3.8) is 0 Å². The molecule has 6 heteroatoms. The fourth-order valence-corrected chi connectivity index (χ4v) is 2.56. The molecule has 21 heavy (non-hydrogen) atoms. The maximum Gasteiger partial charge on any atom is 0.323 e. The summed E-state index contributed by atoms with van der Waals surface area (Å²) in [5.41, 5.74) is 8.11. The Morgan fingerprint density at radius 3 is 2.67 bits per heavy atom. The van der Waals surface area contributed by atoms with Crippen molar-refractivity contribution in [3.8, 4) is 0 Å². The Balaban J connectivity index is 2.06. The van der Waals surface area contributed by atoms with Gasteiger partial charge in [-0.15, -0.1) is 0 Å². The molecule has 0 aliphatic carbocycles. The monoisotopic (exact) mass is 367 g/mol. The molecule has 1 unspecified atom stereocenters. The Morgan fingerprint density at radius 2 is 2.00 bits per heavy atom. The molecule has 0 saturated heterocycles. The molecule has 2 aromatic rings. The molecule has 0 saturated carbocycles. The minimum absolute atomic E-state index is 0.0831. The van der Waals surface area contributed by atoms with Crippen LogP contribution in [0.3, 0.4) is 0 Å². The maximum atomic E-state index is 12.0. The van der Waals surface area contributed by atoms with Crippen LogP contribution in [0.25, 0.3) is 0 Å². The summed E-state index contributed by atoms with van der Waals surface area (Å²) in [5, 5.41) is 6.11. The van der Waals surface area contributed by atoms with Crippen LogP contribution in [0.1, 0.15) is 18.5 Å². The summed E-state index contributed by atoms with van der Waals surface area (Å²) in [7, 11) is 0. The molecule has 2 amide bonds. The number of anilines is 2. The molecular formula is C15H15BrClN3O. The second-order valence-corrected chi connectivity index (χ2v) is 5.91. The van der Waals surface area contributed by atoms with Gasteiger partial charge in [-0.1, -0.05) is 23.7 Å². The third kappa shape index (κ3) is 4.46. The van der Waals surface area contributed by atoms with Gasteiger partial charge in [0.2, 0.25) is 0 Å². The molecule has 0 aliphatic rings. The first-order valence-corrected chi connectivity index (χ1v) is 7.51. The van der Waals surface area contributed by atoms with Crippen molar-refractivity contribution in [2.24, 2.45) is 5.73 Å². The Hall–Kier alpha value is -1.56. The largest absolute Gasteiger partial charge is 0.324 e. The summed E-state index contributed by atoms with van der Waals surface area (Å²) in [6, 6.07) is 12.2. The molecule has 0 fully saturated rings. The standard InChI is InChI=1S/C15H15BrClN3O/c1-9(18)10-3-2-4-12(7-10)19-15(21)20-14-6-5-11(17)8-13(14)16/h2-9H,18H2,1H3,(H2,19,20,21). The first kappa shape index (κ1) is 15.8. The topological polar surface area (TPSA) is 67.1 Å². The fraction of sp³-hybridized carbons (Fsp3) is 0.133. The average molecular weight is 369 g/mol. The summed E-state index contributed by atoms with van der Waals surface area (Å²) in [4.78, 5) is 12.0. The van der Waals surface area contributed by atoms with Crippen LogP contribution in [0.5, 0.6) is 0 Å². The number of urea groups is 1. The van der Waals surface area contributed by atoms with Gasteiger partial charge in [-0.05, 0) is 58.7 Å². The lowest BCUT2D eigenvalue weighted by molar-refractivity contribution is 0.262. The number of nitrogens with two attached hydrogens (primary N) is 1. The zero-order chi connectivity index (χ0) is 15.4. The van der Waals surface area contributed by atoms with Gasteiger partial charge < -0.3 is 16.4 Å².